The molecule has 28 heavy (non-hydrogen) atoms. The molecule has 3 rings (SSSR count). The summed E-state index contributed by atoms with van der Waals surface area (Å²) in [5.74, 6) is -0.266. The highest BCUT2D eigenvalue weighted by Gasteiger charge is 2.23. The molecule has 1 aliphatic rings. The van der Waals surface area contributed by atoms with Crippen molar-refractivity contribution < 1.29 is 14.3 Å². The molecule has 0 spiro atoms. The molecule has 1 heterocycles. The topological polar surface area (TPSA) is 49.9 Å². The Bertz CT molecular complexity index is 845. The predicted octanol–water partition coefficient (Wildman–Crippen LogP) is 3.73. The summed E-state index contributed by atoms with van der Waals surface area (Å²) < 4.78 is 4.80. The first-order valence-electron chi connectivity index (χ1n) is 9.63. The Morgan fingerprint density at radius 1 is 0.893 bits per heavy atom. The van der Waals surface area contributed by atoms with E-state index in [4.69, 9.17) is 4.74 Å². The fraction of sp³-hybridized carbons (Fsp3) is 0.391. The van der Waals surface area contributed by atoms with Crippen molar-refractivity contribution >= 4 is 17.6 Å². The van der Waals surface area contributed by atoms with E-state index in [0.717, 1.165) is 24.3 Å². The lowest BCUT2D eigenvalue weighted by Gasteiger charge is -2.36. The molecule has 0 saturated carbocycles. The number of rotatable bonds is 3. The van der Waals surface area contributed by atoms with Crippen LogP contribution in [0.3, 0.4) is 0 Å². The van der Waals surface area contributed by atoms with Crippen molar-refractivity contribution in [3.63, 3.8) is 0 Å². The molecule has 0 radical (unpaired) electrons. The van der Waals surface area contributed by atoms with Crippen LogP contribution in [0.4, 0.5) is 5.69 Å². The van der Waals surface area contributed by atoms with Gasteiger partial charge in [-0.15, -0.1) is 0 Å². The van der Waals surface area contributed by atoms with Gasteiger partial charge in [0.25, 0.3) is 5.91 Å². The number of carbonyl (C=O) groups is 2. The van der Waals surface area contributed by atoms with Crippen molar-refractivity contribution in [2.24, 2.45) is 0 Å². The Balaban J connectivity index is 1.64. The molecule has 0 atom stereocenters. The van der Waals surface area contributed by atoms with E-state index in [-0.39, 0.29) is 17.3 Å². The highest BCUT2D eigenvalue weighted by atomic mass is 16.5. The van der Waals surface area contributed by atoms with Crippen LogP contribution in [0.25, 0.3) is 0 Å². The molecule has 5 nitrogen and oxygen atoms in total. The van der Waals surface area contributed by atoms with E-state index in [1.165, 1.54) is 12.7 Å². The van der Waals surface area contributed by atoms with Gasteiger partial charge in [0.2, 0.25) is 0 Å². The fourth-order valence-corrected chi connectivity index (χ4v) is 3.41. The molecule has 0 bridgehead atoms. The van der Waals surface area contributed by atoms with Gasteiger partial charge in [-0.3, -0.25) is 4.79 Å². The molecule has 2 aromatic carbocycles. The van der Waals surface area contributed by atoms with Crippen LogP contribution < -0.4 is 4.90 Å². The molecule has 1 aliphatic heterocycles. The van der Waals surface area contributed by atoms with Gasteiger partial charge >= 0.3 is 5.97 Å². The summed E-state index contributed by atoms with van der Waals surface area (Å²) >= 11 is 0. The summed E-state index contributed by atoms with van der Waals surface area (Å²) in [4.78, 5) is 28.7. The van der Waals surface area contributed by atoms with Crippen molar-refractivity contribution in [2.75, 3.05) is 38.2 Å². The Morgan fingerprint density at radius 3 is 2.11 bits per heavy atom. The van der Waals surface area contributed by atoms with Crippen molar-refractivity contribution in [3.8, 4) is 0 Å². The average Bonchev–Trinajstić information content (AvgIpc) is 2.72. The number of hydrogen-bond donors (Lipinski definition) is 0. The fourth-order valence-electron chi connectivity index (χ4n) is 3.41. The zero-order chi connectivity index (χ0) is 20.3. The van der Waals surface area contributed by atoms with Crippen molar-refractivity contribution in [1.29, 1.82) is 0 Å². The number of esters is 1. The zero-order valence-corrected chi connectivity index (χ0v) is 17.1. The second-order valence-electron chi connectivity index (χ2n) is 8.15. The molecular weight excluding hydrogens is 352 g/mol. The summed E-state index contributed by atoms with van der Waals surface area (Å²) in [6, 6.07) is 15.4. The molecule has 5 heteroatoms. The van der Waals surface area contributed by atoms with Crippen LogP contribution in [0.15, 0.2) is 48.5 Å². The van der Waals surface area contributed by atoms with Crippen LogP contribution >= 0.6 is 0 Å². The van der Waals surface area contributed by atoms with E-state index < -0.39 is 0 Å². The summed E-state index contributed by atoms with van der Waals surface area (Å²) in [6.07, 6.45) is 0. The quantitative estimate of drug-likeness (QED) is 0.762. The summed E-state index contributed by atoms with van der Waals surface area (Å²) in [5.41, 5.74) is 3.54. The van der Waals surface area contributed by atoms with Crippen LogP contribution in [0, 0.1) is 0 Å². The zero-order valence-electron chi connectivity index (χ0n) is 17.1. The highest BCUT2D eigenvalue weighted by Crippen LogP contribution is 2.23. The molecular formula is C23H28N2O3. The smallest absolute Gasteiger partial charge is 0.337 e. The normalized spacial score (nSPS) is 14.7. The molecule has 148 valence electrons. The number of carbonyl (C=O) groups excluding carboxylic acids is 2. The van der Waals surface area contributed by atoms with Crippen molar-refractivity contribution in [2.45, 2.75) is 26.2 Å². The first kappa shape index (κ1) is 19.9. The Labute approximate surface area is 166 Å². The monoisotopic (exact) mass is 380 g/mol. The van der Waals surface area contributed by atoms with Crippen molar-refractivity contribution in [3.05, 3.63) is 65.2 Å². The summed E-state index contributed by atoms with van der Waals surface area (Å²) in [6.45, 7) is 9.27. The van der Waals surface area contributed by atoms with E-state index in [9.17, 15) is 9.59 Å². The summed E-state index contributed by atoms with van der Waals surface area (Å²) in [5, 5.41) is 0. The lowest BCUT2D eigenvalue weighted by molar-refractivity contribution is 0.0600. The van der Waals surface area contributed by atoms with Gasteiger partial charge in [0.1, 0.15) is 0 Å². The van der Waals surface area contributed by atoms with Gasteiger partial charge < -0.3 is 14.5 Å². The van der Waals surface area contributed by atoms with Gasteiger partial charge in [0.15, 0.2) is 0 Å². The number of ether oxygens (including phenoxy) is 1. The SMILES string of the molecule is COC(=O)c1cccc(N2CCN(C(=O)c3ccc(C(C)(C)C)cc3)CC2)c1. The number of methoxy groups -OCH3 is 1. The largest absolute Gasteiger partial charge is 0.465 e. The van der Waals surface area contributed by atoms with E-state index in [1.807, 2.05) is 47.4 Å². The maximum atomic E-state index is 12.8. The number of hydrogen-bond acceptors (Lipinski definition) is 4. The maximum absolute atomic E-state index is 12.8. The van der Waals surface area contributed by atoms with E-state index in [0.29, 0.717) is 18.7 Å². The van der Waals surface area contributed by atoms with E-state index in [2.05, 4.69) is 25.7 Å². The van der Waals surface area contributed by atoms with Crippen LogP contribution in [0.5, 0.6) is 0 Å². The molecule has 0 aliphatic carbocycles. The van der Waals surface area contributed by atoms with Crippen LogP contribution in [-0.2, 0) is 10.2 Å². The minimum absolute atomic E-state index is 0.0726. The second-order valence-corrected chi connectivity index (χ2v) is 8.15. The van der Waals surface area contributed by atoms with Crippen LogP contribution in [-0.4, -0.2) is 50.1 Å². The van der Waals surface area contributed by atoms with Gasteiger partial charge in [-0.2, -0.15) is 0 Å². The van der Waals surface area contributed by atoms with Gasteiger partial charge in [0, 0.05) is 37.4 Å². The van der Waals surface area contributed by atoms with Gasteiger partial charge in [-0.1, -0.05) is 39.0 Å². The van der Waals surface area contributed by atoms with Gasteiger partial charge in [0.05, 0.1) is 12.7 Å². The third-order valence-electron chi connectivity index (χ3n) is 5.20. The minimum atomic E-state index is -0.339. The third-order valence-corrected chi connectivity index (χ3v) is 5.20. The standard InChI is InChI=1S/C23H28N2O3/c1-23(2,3)19-10-8-17(9-11-19)21(26)25-14-12-24(13-15-25)20-7-5-6-18(16-20)22(27)28-4/h5-11,16H,12-15H2,1-4H3. The number of nitrogens with zero attached hydrogens (tertiary/aromatic N) is 2. The molecule has 1 saturated heterocycles. The first-order valence-corrected chi connectivity index (χ1v) is 9.63. The Kier molecular flexibility index (Phi) is 5.73. The second kappa shape index (κ2) is 8.05. The average molecular weight is 380 g/mol. The maximum Gasteiger partial charge on any atom is 0.337 e. The van der Waals surface area contributed by atoms with Gasteiger partial charge in [-0.25, -0.2) is 4.79 Å². The molecule has 0 aromatic heterocycles. The van der Waals surface area contributed by atoms with Crippen LogP contribution in [0.2, 0.25) is 0 Å². The van der Waals surface area contributed by atoms with E-state index in [1.54, 1.807) is 6.07 Å². The number of anilines is 1. The number of piperazine rings is 1. The predicted molar refractivity (Wildman–Crippen MR) is 111 cm³/mol. The lowest BCUT2D eigenvalue weighted by Crippen LogP contribution is -2.48. The molecule has 2 aromatic rings. The molecule has 1 amide bonds. The number of amides is 1. The third kappa shape index (κ3) is 4.35. The number of benzene rings is 2. The van der Waals surface area contributed by atoms with Crippen molar-refractivity contribution in [1.82, 2.24) is 4.90 Å². The Morgan fingerprint density at radius 2 is 1.54 bits per heavy atom. The molecule has 0 N–H and O–H groups in total. The minimum Gasteiger partial charge on any atom is -0.465 e. The highest BCUT2D eigenvalue weighted by molar-refractivity contribution is 5.94. The lowest BCUT2D eigenvalue weighted by atomic mass is 9.86. The molecule has 0 unspecified atom stereocenters. The van der Waals surface area contributed by atoms with Gasteiger partial charge in [-0.05, 0) is 41.3 Å². The first-order chi connectivity index (χ1) is 13.3. The van der Waals surface area contributed by atoms with Crippen LogP contribution in [0.1, 0.15) is 47.1 Å². The van der Waals surface area contributed by atoms with E-state index >= 15 is 0 Å². The molecule has 1 fully saturated rings. The Hall–Kier alpha value is -2.82. The summed E-state index contributed by atoms with van der Waals surface area (Å²) in [7, 11) is 1.38.